The summed E-state index contributed by atoms with van der Waals surface area (Å²) in [6, 6.07) is 2.50. The molecular weight excluding hydrogens is 194 g/mol. The van der Waals surface area contributed by atoms with Crippen LogP contribution < -0.4 is 0 Å². The van der Waals surface area contributed by atoms with Crippen molar-refractivity contribution in [2.45, 2.75) is 25.2 Å². The Morgan fingerprint density at radius 3 is 2.73 bits per heavy atom. The number of nitrogens with zero attached hydrogens (tertiary/aromatic N) is 1. The van der Waals surface area contributed by atoms with Crippen molar-refractivity contribution in [2.75, 3.05) is 13.2 Å². The van der Waals surface area contributed by atoms with Gasteiger partial charge in [0.1, 0.15) is 0 Å². The van der Waals surface area contributed by atoms with E-state index in [1.165, 1.54) is 12.1 Å². The zero-order chi connectivity index (χ0) is 8.11. The third-order valence-corrected chi connectivity index (χ3v) is 13.8. The molecule has 2 aliphatic rings. The van der Waals surface area contributed by atoms with E-state index < -0.39 is 16.0 Å². The summed E-state index contributed by atoms with van der Waals surface area (Å²) < 4.78 is 8.36. The molecule has 0 aromatic carbocycles. The summed E-state index contributed by atoms with van der Waals surface area (Å²) in [4.78, 5) is 0. The molecule has 2 heterocycles. The number of rotatable bonds is 0. The average Bonchev–Trinajstić information content (AvgIpc) is 2.36. The molecule has 0 spiro atoms. The standard InChI is InChI=1S/C6H14ClNOSi2/c1-10(7)5-6-11(2)8(10)3-4-9-11/h3-6H2,1-2H3. The summed E-state index contributed by atoms with van der Waals surface area (Å²) in [7, 11) is -2.92. The van der Waals surface area contributed by atoms with Crippen LogP contribution in [0.25, 0.3) is 0 Å². The maximum absolute atomic E-state index is 6.48. The van der Waals surface area contributed by atoms with Gasteiger partial charge in [-0.15, -0.1) is 11.1 Å². The van der Waals surface area contributed by atoms with Crippen LogP contribution in [0.1, 0.15) is 0 Å². The Kier molecular flexibility index (Phi) is 1.74. The Bertz CT molecular complexity index is 189. The quantitative estimate of drug-likeness (QED) is 0.443. The Hall–Kier alpha value is 0.644. The van der Waals surface area contributed by atoms with E-state index in [9.17, 15) is 0 Å². The molecule has 2 fully saturated rings. The Labute approximate surface area is 74.5 Å². The second-order valence-corrected chi connectivity index (χ2v) is 13.7. The van der Waals surface area contributed by atoms with Crippen molar-refractivity contribution in [3.05, 3.63) is 0 Å². The molecule has 2 aliphatic heterocycles. The minimum absolute atomic E-state index is 0.929. The SMILES string of the molecule is C[Si]1(Cl)CC[Si]2(C)OCCN12. The first-order valence-corrected chi connectivity index (χ1v) is 10.4. The van der Waals surface area contributed by atoms with Crippen LogP contribution in [0.5, 0.6) is 0 Å². The largest absolute Gasteiger partial charge is 0.402 e. The van der Waals surface area contributed by atoms with Crippen molar-refractivity contribution in [3.8, 4) is 0 Å². The molecule has 0 aromatic rings. The highest BCUT2D eigenvalue weighted by Gasteiger charge is 2.56. The molecule has 0 aromatic heterocycles. The summed E-state index contributed by atoms with van der Waals surface area (Å²) in [5.41, 5.74) is 0. The average molecular weight is 208 g/mol. The third kappa shape index (κ3) is 1.12. The van der Waals surface area contributed by atoms with Crippen LogP contribution >= 0.6 is 11.1 Å². The Balaban J connectivity index is 2.26. The van der Waals surface area contributed by atoms with Gasteiger partial charge < -0.3 is 8.66 Å². The maximum atomic E-state index is 6.48. The lowest BCUT2D eigenvalue weighted by atomic mass is 10.8. The van der Waals surface area contributed by atoms with Crippen LogP contribution in [0.4, 0.5) is 0 Å². The van der Waals surface area contributed by atoms with Gasteiger partial charge in [0.25, 0.3) is 8.48 Å². The lowest BCUT2D eigenvalue weighted by Crippen LogP contribution is -2.51. The highest BCUT2D eigenvalue weighted by atomic mass is 35.6. The van der Waals surface area contributed by atoms with E-state index in [0.29, 0.717) is 0 Å². The molecule has 0 bridgehead atoms. The van der Waals surface area contributed by atoms with Crippen LogP contribution in [0.3, 0.4) is 0 Å². The molecule has 2 atom stereocenters. The van der Waals surface area contributed by atoms with Gasteiger partial charge >= 0.3 is 0 Å². The Morgan fingerprint density at radius 2 is 2.09 bits per heavy atom. The number of hydrogen-bond acceptors (Lipinski definition) is 2. The van der Waals surface area contributed by atoms with Gasteiger partial charge in [0.2, 0.25) is 7.55 Å². The van der Waals surface area contributed by atoms with E-state index in [4.69, 9.17) is 15.5 Å². The summed E-state index contributed by atoms with van der Waals surface area (Å²) in [5.74, 6) is 0. The van der Waals surface area contributed by atoms with Crippen molar-refractivity contribution < 1.29 is 4.43 Å². The van der Waals surface area contributed by atoms with E-state index in [0.717, 1.165) is 13.2 Å². The second-order valence-electron chi connectivity index (χ2n) is 3.82. The molecule has 2 unspecified atom stereocenters. The van der Waals surface area contributed by atoms with Gasteiger partial charge in [0, 0.05) is 13.2 Å². The Morgan fingerprint density at radius 1 is 1.36 bits per heavy atom. The van der Waals surface area contributed by atoms with Gasteiger partial charge in [-0.2, -0.15) is 0 Å². The van der Waals surface area contributed by atoms with E-state index in [-0.39, 0.29) is 0 Å². The monoisotopic (exact) mass is 207 g/mol. The predicted molar refractivity (Wildman–Crippen MR) is 51.4 cm³/mol. The van der Waals surface area contributed by atoms with E-state index in [1.54, 1.807) is 0 Å². The molecule has 0 N–H and O–H groups in total. The van der Waals surface area contributed by atoms with Gasteiger partial charge in [-0.25, -0.2) is 0 Å². The van der Waals surface area contributed by atoms with Crippen LogP contribution in [-0.2, 0) is 4.43 Å². The summed E-state index contributed by atoms with van der Waals surface area (Å²) in [6.07, 6.45) is 0. The maximum Gasteiger partial charge on any atom is 0.262 e. The van der Waals surface area contributed by atoms with Crippen molar-refractivity contribution in [3.63, 3.8) is 0 Å². The van der Waals surface area contributed by atoms with Crippen LogP contribution in [0.15, 0.2) is 0 Å². The van der Waals surface area contributed by atoms with Crippen LogP contribution in [0.2, 0.25) is 25.2 Å². The zero-order valence-corrected chi connectivity index (χ0v) is 9.82. The van der Waals surface area contributed by atoms with E-state index in [1.807, 2.05) is 0 Å². The van der Waals surface area contributed by atoms with Crippen molar-refractivity contribution >= 4 is 27.1 Å². The fourth-order valence-corrected chi connectivity index (χ4v) is 15.9. The fourth-order valence-electron chi connectivity index (χ4n) is 2.20. The minimum Gasteiger partial charge on any atom is -0.402 e. The summed E-state index contributed by atoms with van der Waals surface area (Å²) in [5, 5.41) is 0. The number of fused-ring (bicyclic) bond motifs is 1. The van der Waals surface area contributed by atoms with Crippen LogP contribution in [-0.4, -0.2) is 33.4 Å². The molecule has 0 aliphatic carbocycles. The molecule has 0 saturated carbocycles. The fraction of sp³-hybridized carbons (Fsp3) is 1.00. The molecule has 2 rings (SSSR count). The molecule has 2 nitrogen and oxygen atoms in total. The van der Waals surface area contributed by atoms with Gasteiger partial charge in [0.15, 0.2) is 0 Å². The number of halogens is 1. The smallest absolute Gasteiger partial charge is 0.262 e. The third-order valence-electron chi connectivity index (χ3n) is 2.91. The van der Waals surface area contributed by atoms with Crippen LogP contribution in [0, 0.1) is 0 Å². The first-order valence-electron chi connectivity index (χ1n) is 4.15. The first-order chi connectivity index (χ1) is 5.05. The first kappa shape index (κ1) is 8.25. The molecule has 2 saturated heterocycles. The zero-order valence-electron chi connectivity index (χ0n) is 7.06. The van der Waals surface area contributed by atoms with E-state index in [2.05, 4.69) is 17.3 Å². The molecular formula is C6H14ClNOSi2. The molecule has 5 heteroatoms. The molecule has 64 valence electrons. The predicted octanol–water partition coefficient (Wildman–Crippen LogP) is 1.71. The normalized spacial score (nSPS) is 51.5. The minimum atomic E-state index is -1.50. The number of hydrogen-bond donors (Lipinski definition) is 0. The summed E-state index contributed by atoms with van der Waals surface area (Å²) in [6.45, 7) is 6.59. The van der Waals surface area contributed by atoms with Gasteiger partial charge in [-0.1, -0.05) is 0 Å². The van der Waals surface area contributed by atoms with Gasteiger partial charge in [-0.05, 0) is 25.2 Å². The van der Waals surface area contributed by atoms with E-state index >= 15 is 0 Å². The molecule has 11 heavy (non-hydrogen) atoms. The van der Waals surface area contributed by atoms with Gasteiger partial charge in [-0.3, -0.25) is 0 Å². The highest BCUT2D eigenvalue weighted by Crippen LogP contribution is 2.42. The van der Waals surface area contributed by atoms with Gasteiger partial charge in [0.05, 0.1) is 0 Å². The highest BCUT2D eigenvalue weighted by molar-refractivity contribution is 7.23. The lowest BCUT2D eigenvalue weighted by molar-refractivity contribution is 0.355. The lowest BCUT2D eigenvalue weighted by Gasteiger charge is -2.29. The topological polar surface area (TPSA) is 12.5 Å². The van der Waals surface area contributed by atoms with Crippen molar-refractivity contribution in [2.24, 2.45) is 0 Å². The van der Waals surface area contributed by atoms with Crippen molar-refractivity contribution in [1.82, 2.24) is 4.23 Å². The van der Waals surface area contributed by atoms with Crippen molar-refractivity contribution in [1.29, 1.82) is 0 Å². The molecule has 0 radical (unpaired) electrons. The summed E-state index contributed by atoms with van der Waals surface area (Å²) >= 11 is 6.48. The molecule has 0 amide bonds. The second kappa shape index (κ2) is 2.32.